The first kappa shape index (κ1) is 17.1. The van der Waals surface area contributed by atoms with Crippen LogP contribution in [-0.2, 0) is 9.59 Å². The van der Waals surface area contributed by atoms with Gasteiger partial charge in [-0.2, -0.15) is 0 Å². The molecule has 6 nitrogen and oxygen atoms in total. The number of benzene rings is 2. The van der Waals surface area contributed by atoms with E-state index in [0.717, 1.165) is 5.56 Å². The lowest BCUT2D eigenvalue weighted by Gasteiger charge is -2.19. The predicted molar refractivity (Wildman–Crippen MR) is 95.5 cm³/mol. The second-order valence-corrected chi connectivity index (χ2v) is 6.12. The van der Waals surface area contributed by atoms with E-state index in [9.17, 15) is 9.59 Å². The molecule has 1 aliphatic rings. The molecule has 2 aromatic rings. The molecule has 0 saturated carbocycles. The van der Waals surface area contributed by atoms with E-state index in [1.807, 2.05) is 6.92 Å². The highest BCUT2D eigenvalue weighted by Gasteiger charge is 2.19. The van der Waals surface area contributed by atoms with Crippen LogP contribution in [0.5, 0.6) is 11.5 Å². The van der Waals surface area contributed by atoms with Gasteiger partial charge in [0.1, 0.15) is 11.5 Å². The van der Waals surface area contributed by atoms with Gasteiger partial charge in [0.05, 0.1) is 5.69 Å². The number of ether oxygens (including phenoxy) is 2. The average Bonchev–Trinajstić information content (AvgIpc) is 2.57. The van der Waals surface area contributed by atoms with Gasteiger partial charge in [0.25, 0.3) is 11.8 Å². The van der Waals surface area contributed by atoms with Crippen LogP contribution >= 0.6 is 11.6 Å². The molecule has 2 amide bonds. The first-order chi connectivity index (χ1) is 11.9. The summed E-state index contributed by atoms with van der Waals surface area (Å²) in [5.74, 6) is 0.593. The van der Waals surface area contributed by atoms with Crippen LogP contribution in [0.25, 0.3) is 0 Å². The van der Waals surface area contributed by atoms with Gasteiger partial charge in [0.15, 0.2) is 12.7 Å². The summed E-state index contributed by atoms with van der Waals surface area (Å²) >= 11 is 5.98. The smallest absolute Gasteiger partial charge is 0.265 e. The maximum atomic E-state index is 12.3. The van der Waals surface area contributed by atoms with Gasteiger partial charge in [-0.15, -0.1) is 0 Å². The van der Waals surface area contributed by atoms with E-state index in [4.69, 9.17) is 21.1 Å². The number of carbonyl (C=O) groups excluding carboxylic acids is 2. The summed E-state index contributed by atoms with van der Waals surface area (Å²) in [4.78, 5) is 23.7. The van der Waals surface area contributed by atoms with Gasteiger partial charge in [0, 0.05) is 10.7 Å². The van der Waals surface area contributed by atoms with Crippen molar-refractivity contribution in [2.45, 2.75) is 20.0 Å². The van der Waals surface area contributed by atoms with E-state index in [1.165, 1.54) is 0 Å². The molecular formula is C18H17ClN2O4. The third-order valence-electron chi connectivity index (χ3n) is 3.69. The van der Waals surface area contributed by atoms with Crippen molar-refractivity contribution < 1.29 is 19.1 Å². The molecule has 1 atom stereocenters. The Morgan fingerprint density at radius 3 is 2.88 bits per heavy atom. The zero-order valence-electron chi connectivity index (χ0n) is 13.8. The van der Waals surface area contributed by atoms with Crippen LogP contribution in [0.1, 0.15) is 12.5 Å². The van der Waals surface area contributed by atoms with Crippen LogP contribution in [0, 0.1) is 6.92 Å². The summed E-state index contributed by atoms with van der Waals surface area (Å²) < 4.78 is 10.9. The van der Waals surface area contributed by atoms with Gasteiger partial charge in [0.2, 0.25) is 0 Å². The molecule has 0 fully saturated rings. The molecule has 1 heterocycles. The van der Waals surface area contributed by atoms with Crippen molar-refractivity contribution in [2.24, 2.45) is 0 Å². The number of fused-ring (bicyclic) bond motifs is 1. The van der Waals surface area contributed by atoms with E-state index in [0.29, 0.717) is 27.9 Å². The van der Waals surface area contributed by atoms with Crippen molar-refractivity contribution >= 4 is 34.8 Å². The minimum absolute atomic E-state index is 0.00983. The van der Waals surface area contributed by atoms with E-state index in [-0.39, 0.29) is 18.4 Å². The Hall–Kier alpha value is -2.73. The molecule has 2 N–H and O–H groups in total. The Balaban J connectivity index is 1.66. The second kappa shape index (κ2) is 7.03. The molecule has 2 aromatic carbocycles. The molecular weight excluding hydrogens is 344 g/mol. The monoisotopic (exact) mass is 360 g/mol. The van der Waals surface area contributed by atoms with Crippen LogP contribution in [0.3, 0.4) is 0 Å². The van der Waals surface area contributed by atoms with Crippen LogP contribution in [-0.4, -0.2) is 24.5 Å². The Bertz CT molecular complexity index is 838. The van der Waals surface area contributed by atoms with Crippen LogP contribution in [0.4, 0.5) is 11.4 Å². The topological polar surface area (TPSA) is 76.7 Å². The van der Waals surface area contributed by atoms with Crippen LogP contribution in [0.15, 0.2) is 36.4 Å². The van der Waals surface area contributed by atoms with Gasteiger partial charge in [-0.05, 0) is 55.8 Å². The number of nitrogens with one attached hydrogen (secondary N) is 2. The summed E-state index contributed by atoms with van der Waals surface area (Å²) in [7, 11) is 0. The Morgan fingerprint density at radius 2 is 2.12 bits per heavy atom. The fraction of sp³-hybridized carbons (Fsp3) is 0.222. The van der Waals surface area contributed by atoms with Crippen molar-refractivity contribution in [1.29, 1.82) is 0 Å². The van der Waals surface area contributed by atoms with Gasteiger partial charge >= 0.3 is 0 Å². The van der Waals surface area contributed by atoms with Crippen LogP contribution in [0.2, 0.25) is 5.02 Å². The van der Waals surface area contributed by atoms with Crippen molar-refractivity contribution in [3.63, 3.8) is 0 Å². The van der Waals surface area contributed by atoms with E-state index < -0.39 is 6.10 Å². The number of hydrogen-bond donors (Lipinski definition) is 2. The van der Waals surface area contributed by atoms with Crippen LogP contribution < -0.4 is 20.1 Å². The average molecular weight is 361 g/mol. The fourth-order valence-corrected chi connectivity index (χ4v) is 2.47. The largest absolute Gasteiger partial charge is 0.482 e. The predicted octanol–water partition coefficient (Wildman–Crippen LogP) is 3.39. The lowest BCUT2D eigenvalue weighted by Crippen LogP contribution is -2.30. The van der Waals surface area contributed by atoms with Gasteiger partial charge in [-0.25, -0.2) is 0 Å². The van der Waals surface area contributed by atoms with Gasteiger partial charge in [-0.1, -0.05) is 11.6 Å². The van der Waals surface area contributed by atoms with E-state index in [1.54, 1.807) is 43.3 Å². The fourth-order valence-electron chi connectivity index (χ4n) is 2.35. The molecule has 0 aliphatic carbocycles. The molecule has 0 radical (unpaired) electrons. The molecule has 7 heteroatoms. The van der Waals surface area contributed by atoms with Gasteiger partial charge in [-0.3, -0.25) is 9.59 Å². The van der Waals surface area contributed by atoms with Crippen molar-refractivity contribution in [1.82, 2.24) is 0 Å². The molecule has 130 valence electrons. The molecule has 0 aromatic heterocycles. The highest BCUT2D eigenvalue weighted by Crippen LogP contribution is 2.30. The van der Waals surface area contributed by atoms with Crippen molar-refractivity contribution in [3.8, 4) is 11.5 Å². The molecule has 0 unspecified atom stereocenters. The molecule has 25 heavy (non-hydrogen) atoms. The van der Waals surface area contributed by atoms with E-state index in [2.05, 4.69) is 10.6 Å². The molecule has 0 saturated heterocycles. The lowest BCUT2D eigenvalue weighted by atomic mass is 10.2. The summed E-state index contributed by atoms with van der Waals surface area (Å²) in [5, 5.41) is 6.09. The number of rotatable bonds is 4. The third kappa shape index (κ3) is 4.03. The zero-order chi connectivity index (χ0) is 18.0. The number of aryl methyl sites for hydroxylation is 1. The maximum Gasteiger partial charge on any atom is 0.265 e. The number of carbonyl (C=O) groups is 2. The SMILES string of the molecule is Cc1cc(O[C@H](C)C(=O)Nc2ccc3c(c2)NC(=O)CO3)ccc1Cl. The number of amides is 2. The van der Waals surface area contributed by atoms with Gasteiger partial charge < -0.3 is 20.1 Å². The molecule has 0 spiro atoms. The highest BCUT2D eigenvalue weighted by molar-refractivity contribution is 6.31. The number of hydrogen-bond acceptors (Lipinski definition) is 4. The first-order valence-electron chi connectivity index (χ1n) is 7.73. The quantitative estimate of drug-likeness (QED) is 0.876. The van der Waals surface area contributed by atoms with Crippen molar-refractivity contribution in [2.75, 3.05) is 17.2 Å². The number of anilines is 2. The minimum atomic E-state index is -0.706. The summed E-state index contributed by atoms with van der Waals surface area (Å²) in [6.07, 6.45) is -0.706. The molecule has 0 bridgehead atoms. The second-order valence-electron chi connectivity index (χ2n) is 5.71. The first-order valence-corrected chi connectivity index (χ1v) is 8.10. The minimum Gasteiger partial charge on any atom is -0.482 e. The molecule has 3 rings (SSSR count). The Labute approximate surface area is 150 Å². The normalized spacial score (nSPS) is 14.0. The standard InChI is InChI=1S/C18H17ClN2O4/c1-10-7-13(4-5-14(10)19)25-11(2)18(23)20-12-3-6-16-15(8-12)21-17(22)9-24-16/h3-8,11H,9H2,1-2H3,(H,20,23)(H,21,22)/t11-/m1/s1. The molecule has 1 aliphatic heterocycles. The summed E-state index contributed by atoms with van der Waals surface area (Å²) in [6.45, 7) is 3.51. The Kier molecular flexibility index (Phi) is 4.81. The summed E-state index contributed by atoms with van der Waals surface area (Å²) in [5.41, 5.74) is 1.94. The third-order valence-corrected chi connectivity index (χ3v) is 4.12. The zero-order valence-corrected chi connectivity index (χ0v) is 14.5. The van der Waals surface area contributed by atoms with Crippen molar-refractivity contribution in [3.05, 3.63) is 47.0 Å². The highest BCUT2D eigenvalue weighted by atomic mass is 35.5. The van der Waals surface area contributed by atoms with E-state index >= 15 is 0 Å². The lowest BCUT2D eigenvalue weighted by molar-refractivity contribution is -0.122. The Morgan fingerprint density at radius 1 is 1.32 bits per heavy atom. The maximum absolute atomic E-state index is 12.3. The number of halogens is 1. The summed E-state index contributed by atoms with van der Waals surface area (Å²) in [6, 6.07) is 10.3.